The molecule has 0 bridgehead atoms. The number of guanidine groups is 1. The molecule has 0 spiro atoms. The van der Waals surface area contributed by atoms with Crippen molar-refractivity contribution in [3.05, 3.63) is 0 Å². The van der Waals surface area contributed by atoms with Crippen molar-refractivity contribution in [1.29, 1.82) is 0 Å². The summed E-state index contributed by atoms with van der Waals surface area (Å²) < 4.78 is 11.9. The van der Waals surface area contributed by atoms with Crippen molar-refractivity contribution in [1.82, 2.24) is 15.5 Å². The molecule has 0 aromatic rings. The monoisotopic (exact) mass is 486 g/mol. The van der Waals surface area contributed by atoms with Crippen LogP contribution in [-0.4, -0.2) is 64.7 Å². The fourth-order valence-corrected chi connectivity index (χ4v) is 3.55. The summed E-state index contributed by atoms with van der Waals surface area (Å²) in [4.78, 5) is 18.4. The van der Waals surface area contributed by atoms with Gasteiger partial charge in [-0.3, -0.25) is 14.0 Å². The van der Waals surface area contributed by atoms with Gasteiger partial charge < -0.3 is 15.5 Å². The highest BCUT2D eigenvalue weighted by Crippen LogP contribution is 2.20. The number of aliphatic imine (C=N–C) groups is 1. The lowest BCUT2D eigenvalue weighted by Gasteiger charge is -2.34. The minimum Gasteiger partial charge on any atom is -0.359 e. The van der Waals surface area contributed by atoms with E-state index in [2.05, 4.69) is 27.4 Å². The fourth-order valence-electron chi connectivity index (χ4n) is 2.68. The number of nitrogens with one attached hydrogen (secondary N) is 2. The van der Waals surface area contributed by atoms with Crippen LogP contribution in [0.2, 0.25) is 0 Å². The first-order valence-corrected chi connectivity index (χ1v) is 10.2. The minimum absolute atomic E-state index is 0. The van der Waals surface area contributed by atoms with E-state index in [9.17, 15) is 9.00 Å². The number of hydrogen-bond donors (Lipinski definition) is 2. The van der Waals surface area contributed by atoms with Gasteiger partial charge in [0.2, 0.25) is 5.91 Å². The van der Waals surface area contributed by atoms with E-state index < -0.39 is 10.8 Å². The molecule has 1 fully saturated rings. The van der Waals surface area contributed by atoms with Gasteiger partial charge >= 0.3 is 0 Å². The smallest absolute Gasteiger partial charge is 0.220 e. The average Bonchev–Trinajstić information content (AvgIpc) is 2.53. The van der Waals surface area contributed by atoms with Crippen molar-refractivity contribution in [2.45, 2.75) is 51.7 Å². The zero-order valence-electron chi connectivity index (χ0n) is 16.3. The van der Waals surface area contributed by atoms with E-state index in [0.717, 1.165) is 38.4 Å². The summed E-state index contributed by atoms with van der Waals surface area (Å²) in [5, 5.41) is 6.03. The summed E-state index contributed by atoms with van der Waals surface area (Å²) in [5.74, 6) is 2.07. The molecule has 1 saturated heterocycles. The molecule has 0 radical (unpaired) electrons. The molecule has 1 amide bonds. The van der Waals surface area contributed by atoms with Crippen molar-refractivity contribution in [3.8, 4) is 0 Å². The molecule has 6 nitrogen and oxygen atoms in total. The van der Waals surface area contributed by atoms with Crippen molar-refractivity contribution in [2.24, 2.45) is 10.9 Å². The molecular weight excluding hydrogens is 451 g/mol. The van der Waals surface area contributed by atoms with E-state index in [4.69, 9.17) is 0 Å². The lowest BCUT2D eigenvalue weighted by molar-refractivity contribution is -0.121. The summed E-state index contributed by atoms with van der Waals surface area (Å²) in [5.41, 5.74) is 0. The molecule has 0 aromatic carbocycles. The third kappa shape index (κ3) is 9.21. The third-order valence-corrected chi connectivity index (χ3v) is 6.14. The first kappa shape index (κ1) is 24.6. The molecule has 8 heteroatoms. The molecular formula is C17H35IN4O2S. The highest BCUT2D eigenvalue weighted by atomic mass is 127. The van der Waals surface area contributed by atoms with Gasteiger partial charge in [0.05, 0.1) is 6.54 Å². The summed E-state index contributed by atoms with van der Waals surface area (Å²) in [7, 11) is 0.815. The molecule has 25 heavy (non-hydrogen) atoms. The van der Waals surface area contributed by atoms with Crippen LogP contribution in [-0.2, 0) is 15.6 Å². The average molecular weight is 486 g/mol. The van der Waals surface area contributed by atoms with Crippen LogP contribution in [0.3, 0.4) is 0 Å². The second-order valence-corrected chi connectivity index (χ2v) is 9.53. The second kappa shape index (κ2) is 12.1. The lowest BCUT2D eigenvalue weighted by Crippen LogP contribution is -2.46. The van der Waals surface area contributed by atoms with E-state index in [1.165, 1.54) is 0 Å². The van der Waals surface area contributed by atoms with E-state index >= 15 is 0 Å². The Bertz CT molecular complexity index is 458. The van der Waals surface area contributed by atoms with Crippen LogP contribution in [0.5, 0.6) is 0 Å². The van der Waals surface area contributed by atoms with Gasteiger partial charge in [0, 0.05) is 54.4 Å². The number of carbonyl (C=O) groups excluding carboxylic acids is 1. The van der Waals surface area contributed by atoms with Gasteiger partial charge in [0.15, 0.2) is 5.96 Å². The molecule has 148 valence electrons. The Morgan fingerprint density at radius 3 is 2.36 bits per heavy atom. The van der Waals surface area contributed by atoms with Crippen LogP contribution in [0.4, 0.5) is 0 Å². The largest absolute Gasteiger partial charge is 0.359 e. The van der Waals surface area contributed by atoms with E-state index in [-0.39, 0.29) is 34.6 Å². The molecule has 0 aliphatic carbocycles. The zero-order valence-corrected chi connectivity index (χ0v) is 19.4. The number of carbonyl (C=O) groups is 1. The Morgan fingerprint density at radius 2 is 1.88 bits per heavy atom. The summed E-state index contributed by atoms with van der Waals surface area (Å²) in [6, 6.07) is 0. The van der Waals surface area contributed by atoms with Crippen molar-refractivity contribution in [3.63, 3.8) is 0 Å². The Morgan fingerprint density at radius 1 is 1.28 bits per heavy atom. The van der Waals surface area contributed by atoms with Crippen molar-refractivity contribution >= 4 is 46.6 Å². The standard InChI is InChI=1S/C17H34N4O2S.HI/c1-6-19-16(20-9-12-24(23)17(2,3)4)21-10-7-14(8-11-21)13-15(22)18-5;/h14H,6-13H2,1-5H3,(H,18,22)(H,19,20);1H. The first-order valence-electron chi connectivity index (χ1n) is 8.90. The minimum atomic E-state index is -0.874. The van der Waals surface area contributed by atoms with Gasteiger partial charge in [-0.25, -0.2) is 0 Å². The Hall–Kier alpha value is -0.380. The first-order chi connectivity index (χ1) is 11.3. The summed E-state index contributed by atoms with van der Waals surface area (Å²) >= 11 is 0. The number of likely N-dealkylation sites (tertiary alicyclic amines) is 1. The van der Waals surface area contributed by atoms with Gasteiger partial charge in [0.25, 0.3) is 0 Å². The maximum atomic E-state index is 12.1. The predicted octanol–water partition coefficient (Wildman–Crippen LogP) is 1.97. The third-order valence-electron chi connectivity index (χ3n) is 4.22. The van der Waals surface area contributed by atoms with Crippen LogP contribution >= 0.6 is 24.0 Å². The number of halogens is 1. The second-order valence-electron chi connectivity index (χ2n) is 7.21. The molecule has 0 saturated carbocycles. The van der Waals surface area contributed by atoms with Crippen LogP contribution in [0, 0.1) is 5.92 Å². The van der Waals surface area contributed by atoms with Crippen LogP contribution in [0.1, 0.15) is 47.0 Å². The normalized spacial score (nSPS) is 17.6. The van der Waals surface area contributed by atoms with Crippen LogP contribution in [0.15, 0.2) is 4.99 Å². The van der Waals surface area contributed by atoms with Crippen molar-refractivity contribution < 1.29 is 9.00 Å². The lowest BCUT2D eigenvalue weighted by atomic mass is 9.93. The van der Waals surface area contributed by atoms with E-state index in [1.807, 2.05) is 20.8 Å². The quantitative estimate of drug-likeness (QED) is 0.342. The topological polar surface area (TPSA) is 73.8 Å². The molecule has 1 aliphatic rings. The van der Waals surface area contributed by atoms with Gasteiger partial charge in [-0.15, -0.1) is 24.0 Å². The molecule has 1 unspecified atom stereocenters. The molecule has 2 N–H and O–H groups in total. The van der Waals surface area contributed by atoms with E-state index in [1.54, 1.807) is 7.05 Å². The van der Waals surface area contributed by atoms with Crippen molar-refractivity contribution in [2.75, 3.05) is 39.0 Å². The highest BCUT2D eigenvalue weighted by molar-refractivity contribution is 14.0. The van der Waals surface area contributed by atoms with Gasteiger partial charge in [0.1, 0.15) is 0 Å². The molecule has 1 aliphatic heterocycles. The van der Waals surface area contributed by atoms with Gasteiger partial charge in [-0.05, 0) is 46.5 Å². The van der Waals surface area contributed by atoms with Gasteiger partial charge in [-0.2, -0.15) is 0 Å². The molecule has 1 rings (SSSR count). The predicted molar refractivity (Wildman–Crippen MR) is 117 cm³/mol. The number of hydrogen-bond acceptors (Lipinski definition) is 3. The Balaban J connectivity index is 0.00000576. The van der Waals surface area contributed by atoms with Crippen LogP contribution < -0.4 is 10.6 Å². The number of amides is 1. The highest BCUT2D eigenvalue weighted by Gasteiger charge is 2.23. The fraction of sp³-hybridized carbons (Fsp3) is 0.882. The number of rotatable bonds is 6. The Labute approximate surface area is 172 Å². The molecule has 0 aromatic heterocycles. The maximum absolute atomic E-state index is 12.1. The summed E-state index contributed by atoms with van der Waals surface area (Å²) in [6.07, 6.45) is 2.63. The van der Waals surface area contributed by atoms with Gasteiger partial charge in [-0.1, -0.05) is 0 Å². The maximum Gasteiger partial charge on any atom is 0.220 e. The Kier molecular flexibility index (Phi) is 11.9. The zero-order chi connectivity index (χ0) is 18.2. The number of nitrogens with zero attached hydrogens (tertiary/aromatic N) is 2. The SMILES string of the molecule is CCNC(=NCCS(=O)C(C)(C)C)N1CCC(CC(=O)NC)CC1.I. The van der Waals surface area contributed by atoms with Crippen LogP contribution in [0.25, 0.3) is 0 Å². The number of piperidine rings is 1. The summed E-state index contributed by atoms with van der Waals surface area (Å²) in [6.45, 7) is 11.3. The van der Waals surface area contributed by atoms with E-state index in [0.29, 0.717) is 24.6 Å². The molecule has 1 heterocycles. The molecule has 1 atom stereocenters.